The summed E-state index contributed by atoms with van der Waals surface area (Å²) in [5, 5.41) is 1.78. The second-order valence-electron chi connectivity index (χ2n) is 3.92. The molecule has 8 heteroatoms. The first-order chi connectivity index (χ1) is 9.81. The number of benzene rings is 2. The molecule has 21 heavy (non-hydrogen) atoms. The minimum absolute atomic E-state index is 0.0630. The Hall–Kier alpha value is -1.96. The highest BCUT2D eigenvalue weighted by molar-refractivity contribution is 9.10. The molecule has 0 spiro atoms. The monoisotopic (exact) mass is 365 g/mol. The lowest BCUT2D eigenvalue weighted by Crippen LogP contribution is -2.17. The Balaban J connectivity index is 2.38. The van der Waals surface area contributed by atoms with Crippen molar-refractivity contribution in [1.29, 1.82) is 0 Å². The van der Waals surface area contributed by atoms with Gasteiger partial charge in [-0.15, -0.1) is 0 Å². The zero-order valence-electron chi connectivity index (χ0n) is 9.99. The van der Waals surface area contributed by atoms with Crippen molar-refractivity contribution in [1.82, 2.24) is 0 Å². The molecular formula is C13H5BrF5NO. The van der Waals surface area contributed by atoms with Crippen molar-refractivity contribution in [2.75, 3.05) is 5.32 Å². The van der Waals surface area contributed by atoms with Crippen LogP contribution in [0, 0.1) is 29.1 Å². The van der Waals surface area contributed by atoms with Gasteiger partial charge in [0, 0.05) is 4.47 Å². The Bertz CT molecular complexity index is 712. The largest absolute Gasteiger partial charge is 0.319 e. The van der Waals surface area contributed by atoms with Crippen molar-refractivity contribution in [2.45, 2.75) is 0 Å². The Morgan fingerprint density at radius 1 is 0.905 bits per heavy atom. The van der Waals surface area contributed by atoms with E-state index in [0.29, 0.717) is 6.07 Å². The third-order valence-electron chi connectivity index (χ3n) is 2.52. The number of hydrogen-bond acceptors (Lipinski definition) is 1. The molecule has 2 aromatic rings. The zero-order valence-corrected chi connectivity index (χ0v) is 11.6. The summed E-state index contributed by atoms with van der Waals surface area (Å²) in [5.74, 6) is -8.63. The van der Waals surface area contributed by atoms with Gasteiger partial charge in [-0.3, -0.25) is 4.79 Å². The lowest BCUT2D eigenvalue weighted by atomic mass is 10.1. The number of amides is 1. The maximum Gasteiger partial charge on any atom is 0.261 e. The van der Waals surface area contributed by atoms with Gasteiger partial charge in [0.2, 0.25) is 0 Å². The third-order valence-corrected chi connectivity index (χ3v) is 2.98. The maximum atomic E-state index is 13.5. The molecule has 2 aromatic carbocycles. The molecule has 0 bridgehead atoms. The van der Waals surface area contributed by atoms with Crippen LogP contribution >= 0.6 is 15.9 Å². The first-order valence-electron chi connectivity index (χ1n) is 5.40. The van der Waals surface area contributed by atoms with Gasteiger partial charge >= 0.3 is 0 Å². The zero-order chi connectivity index (χ0) is 15.7. The van der Waals surface area contributed by atoms with Gasteiger partial charge in [-0.05, 0) is 24.3 Å². The molecule has 0 heterocycles. The van der Waals surface area contributed by atoms with Gasteiger partial charge in [-0.1, -0.05) is 15.9 Å². The molecule has 110 valence electrons. The maximum absolute atomic E-state index is 13.5. The summed E-state index contributed by atoms with van der Waals surface area (Å²) in [4.78, 5) is 11.7. The summed E-state index contributed by atoms with van der Waals surface area (Å²) in [5.41, 5.74) is -1.71. The van der Waals surface area contributed by atoms with E-state index in [1.807, 2.05) is 0 Å². The SMILES string of the molecule is O=C(Nc1ccc(F)c(F)c1F)c1c(F)cc(Br)cc1F. The van der Waals surface area contributed by atoms with E-state index in [4.69, 9.17) is 0 Å². The van der Waals surface area contributed by atoms with Crippen LogP contribution in [0.25, 0.3) is 0 Å². The summed E-state index contributed by atoms with van der Waals surface area (Å²) >= 11 is 2.83. The van der Waals surface area contributed by atoms with E-state index in [-0.39, 0.29) is 4.47 Å². The van der Waals surface area contributed by atoms with E-state index in [1.165, 1.54) is 0 Å². The quantitative estimate of drug-likeness (QED) is 0.620. The minimum atomic E-state index is -1.80. The number of carbonyl (C=O) groups is 1. The van der Waals surface area contributed by atoms with Crippen LogP contribution in [-0.2, 0) is 0 Å². The number of halogens is 6. The van der Waals surface area contributed by atoms with Gasteiger partial charge in [-0.25, -0.2) is 22.0 Å². The van der Waals surface area contributed by atoms with Gasteiger partial charge in [-0.2, -0.15) is 0 Å². The van der Waals surface area contributed by atoms with Crippen molar-refractivity contribution in [3.8, 4) is 0 Å². The molecule has 2 nitrogen and oxygen atoms in total. The van der Waals surface area contributed by atoms with Crippen LogP contribution < -0.4 is 5.32 Å². The first kappa shape index (κ1) is 15.4. The van der Waals surface area contributed by atoms with E-state index < -0.39 is 46.2 Å². The Morgan fingerprint density at radius 2 is 1.48 bits per heavy atom. The molecule has 0 unspecified atom stereocenters. The second-order valence-corrected chi connectivity index (χ2v) is 4.84. The van der Waals surface area contributed by atoms with Gasteiger partial charge in [0.15, 0.2) is 17.5 Å². The molecule has 0 aliphatic rings. The van der Waals surface area contributed by atoms with Crippen molar-refractivity contribution in [2.24, 2.45) is 0 Å². The fourth-order valence-corrected chi connectivity index (χ4v) is 1.97. The molecule has 0 saturated heterocycles. The van der Waals surface area contributed by atoms with Crippen LogP contribution in [0.2, 0.25) is 0 Å². The summed E-state index contributed by atoms with van der Waals surface area (Å²) in [6.07, 6.45) is 0. The summed E-state index contributed by atoms with van der Waals surface area (Å²) < 4.78 is 66.3. The Kier molecular flexibility index (Phi) is 4.26. The Morgan fingerprint density at radius 3 is 2.05 bits per heavy atom. The van der Waals surface area contributed by atoms with Crippen LogP contribution in [0.4, 0.5) is 27.6 Å². The van der Waals surface area contributed by atoms with Crippen molar-refractivity contribution in [3.63, 3.8) is 0 Å². The normalized spacial score (nSPS) is 10.6. The van der Waals surface area contributed by atoms with Crippen LogP contribution in [0.15, 0.2) is 28.7 Å². The fraction of sp³-hybridized carbons (Fsp3) is 0. The summed E-state index contributed by atoms with van der Waals surface area (Å²) in [7, 11) is 0. The van der Waals surface area contributed by atoms with E-state index in [2.05, 4.69) is 15.9 Å². The van der Waals surface area contributed by atoms with E-state index in [0.717, 1.165) is 18.2 Å². The molecule has 0 aliphatic carbocycles. The van der Waals surface area contributed by atoms with E-state index >= 15 is 0 Å². The predicted octanol–water partition coefficient (Wildman–Crippen LogP) is 4.40. The second kappa shape index (κ2) is 5.80. The molecule has 1 N–H and O–H groups in total. The average molecular weight is 366 g/mol. The molecule has 1 amide bonds. The van der Waals surface area contributed by atoms with Crippen molar-refractivity contribution < 1.29 is 26.7 Å². The predicted molar refractivity (Wildman–Crippen MR) is 68.3 cm³/mol. The number of carbonyl (C=O) groups excluding carboxylic acids is 1. The van der Waals surface area contributed by atoms with Gasteiger partial charge < -0.3 is 5.32 Å². The van der Waals surface area contributed by atoms with E-state index in [9.17, 15) is 26.7 Å². The van der Waals surface area contributed by atoms with Crippen molar-refractivity contribution >= 4 is 27.5 Å². The van der Waals surface area contributed by atoms with Crippen LogP contribution in [0.3, 0.4) is 0 Å². The minimum Gasteiger partial charge on any atom is -0.319 e. The van der Waals surface area contributed by atoms with Crippen molar-refractivity contribution in [3.05, 3.63) is 63.4 Å². The molecule has 2 rings (SSSR count). The number of hydrogen-bond donors (Lipinski definition) is 1. The Labute approximate surface area is 123 Å². The lowest BCUT2D eigenvalue weighted by Gasteiger charge is -2.09. The average Bonchev–Trinajstić information content (AvgIpc) is 2.38. The number of anilines is 1. The van der Waals surface area contributed by atoms with Gasteiger partial charge in [0.05, 0.1) is 5.69 Å². The van der Waals surface area contributed by atoms with Crippen LogP contribution in [-0.4, -0.2) is 5.91 Å². The molecule has 0 radical (unpaired) electrons. The van der Waals surface area contributed by atoms with Crippen LogP contribution in [0.5, 0.6) is 0 Å². The molecule has 0 saturated carbocycles. The van der Waals surface area contributed by atoms with Crippen LogP contribution in [0.1, 0.15) is 10.4 Å². The molecular weight excluding hydrogens is 361 g/mol. The van der Waals surface area contributed by atoms with E-state index in [1.54, 1.807) is 5.32 Å². The highest BCUT2D eigenvalue weighted by atomic mass is 79.9. The molecule has 0 aromatic heterocycles. The standard InChI is InChI=1S/C13H5BrF5NO/c14-5-3-7(16)10(8(17)4-5)13(21)20-9-2-1-6(15)11(18)12(9)19/h1-4H,(H,20,21). The lowest BCUT2D eigenvalue weighted by molar-refractivity contribution is 0.101. The molecule has 0 fully saturated rings. The van der Waals surface area contributed by atoms with Gasteiger partial charge in [0.1, 0.15) is 17.2 Å². The third kappa shape index (κ3) is 3.05. The highest BCUT2D eigenvalue weighted by Gasteiger charge is 2.21. The molecule has 0 aliphatic heterocycles. The van der Waals surface area contributed by atoms with Gasteiger partial charge in [0.25, 0.3) is 5.91 Å². The highest BCUT2D eigenvalue weighted by Crippen LogP contribution is 2.23. The smallest absolute Gasteiger partial charge is 0.261 e. The first-order valence-corrected chi connectivity index (χ1v) is 6.20. The summed E-state index contributed by atoms with van der Waals surface area (Å²) in [6, 6.07) is 2.97. The summed E-state index contributed by atoms with van der Waals surface area (Å²) in [6.45, 7) is 0. The number of nitrogens with one attached hydrogen (secondary N) is 1. The number of rotatable bonds is 2. The topological polar surface area (TPSA) is 29.1 Å². The molecule has 0 atom stereocenters. The fourth-order valence-electron chi connectivity index (χ4n) is 1.57.